The lowest BCUT2D eigenvalue weighted by Crippen LogP contribution is -2.29. The number of aromatic nitrogens is 1. The van der Waals surface area contributed by atoms with E-state index >= 15 is 0 Å². The number of rotatable bonds is 6. The molecule has 0 spiro atoms. The van der Waals surface area contributed by atoms with Crippen molar-refractivity contribution in [3.63, 3.8) is 0 Å². The van der Waals surface area contributed by atoms with Gasteiger partial charge in [-0.05, 0) is 36.0 Å². The summed E-state index contributed by atoms with van der Waals surface area (Å²) < 4.78 is 0. The molecule has 144 valence electrons. The second-order valence-electron chi connectivity index (χ2n) is 7.42. The molecule has 28 heavy (non-hydrogen) atoms. The van der Waals surface area contributed by atoms with Gasteiger partial charge in [0, 0.05) is 10.9 Å². The molecule has 0 aliphatic heterocycles. The van der Waals surface area contributed by atoms with Gasteiger partial charge in [-0.25, -0.2) is 9.98 Å². The molecule has 0 fully saturated rings. The summed E-state index contributed by atoms with van der Waals surface area (Å²) in [7, 11) is 0. The molecule has 0 saturated heterocycles. The average Bonchev–Trinajstić information content (AvgIpc) is 2.67. The Labute approximate surface area is 165 Å². The number of carbonyl (C=O) groups excluding carboxylic acids is 1. The van der Waals surface area contributed by atoms with Crippen molar-refractivity contribution in [2.45, 2.75) is 33.1 Å². The molecule has 3 aromatic rings. The average molecular weight is 374 g/mol. The van der Waals surface area contributed by atoms with E-state index in [0.717, 1.165) is 28.6 Å². The van der Waals surface area contributed by atoms with Crippen LogP contribution in [0.1, 0.15) is 38.7 Å². The van der Waals surface area contributed by atoms with E-state index in [1.807, 2.05) is 48.5 Å². The third kappa shape index (κ3) is 4.36. The van der Waals surface area contributed by atoms with Crippen LogP contribution in [0.15, 0.2) is 59.6 Å². The van der Waals surface area contributed by atoms with Gasteiger partial charge in [0.05, 0.1) is 16.9 Å². The molecule has 5 heteroatoms. The lowest BCUT2D eigenvalue weighted by atomic mass is 9.89. The van der Waals surface area contributed by atoms with E-state index in [2.05, 4.69) is 37.1 Å². The minimum atomic E-state index is 0.0628. The second-order valence-corrected chi connectivity index (χ2v) is 7.42. The molecule has 0 saturated carbocycles. The Morgan fingerprint density at radius 3 is 2.57 bits per heavy atom. The van der Waals surface area contributed by atoms with Crippen molar-refractivity contribution < 1.29 is 4.79 Å². The number of hydrogen-bond donors (Lipinski definition) is 2. The molecule has 0 bridgehead atoms. The van der Waals surface area contributed by atoms with Gasteiger partial charge >= 0.3 is 0 Å². The van der Waals surface area contributed by atoms with Crippen molar-refractivity contribution in [2.75, 3.05) is 0 Å². The molecule has 1 aromatic heterocycles. The highest BCUT2D eigenvalue weighted by Crippen LogP contribution is 2.37. The standard InChI is InChI=1S/C23H26N4O/c1-15(2)12-16(3)18-10-7-11-19-22(18)21(27-23(24)25-14-28)13-20(26-19)17-8-5-4-6-9-17/h4-11,13-16H,12H2,1-3H3,(H3,24,25,26,27,28). The molecule has 3 N–H and O–H groups in total. The SMILES string of the molecule is CC(C)CC(C)c1cccc2nc(-c3ccccc3)cc(N=C(N)NC=O)c12. The highest BCUT2D eigenvalue weighted by atomic mass is 16.1. The molecule has 1 atom stereocenters. The van der Waals surface area contributed by atoms with E-state index in [-0.39, 0.29) is 5.96 Å². The number of pyridine rings is 1. The molecule has 1 amide bonds. The maximum absolute atomic E-state index is 10.8. The molecule has 3 rings (SSSR count). The Morgan fingerprint density at radius 1 is 1.14 bits per heavy atom. The van der Waals surface area contributed by atoms with Crippen molar-refractivity contribution in [1.29, 1.82) is 0 Å². The first-order valence-electron chi connectivity index (χ1n) is 9.53. The molecule has 1 unspecified atom stereocenters. The van der Waals surface area contributed by atoms with Crippen molar-refractivity contribution in [1.82, 2.24) is 10.3 Å². The zero-order chi connectivity index (χ0) is 20.1. The monoisotopic (exact) mass is 374 g/mol. The number of nitrogens with two attached hydrogens (primary N) is 1. The van der Waals surface area contributed by atoms with Crippen LogP contribution in [-0.2, 0) is 4.79 Å². The fourth-order valence-corrected chi connectivity index (χ4v) is 3.61. The Kier molecular flexibility index (Phi) is 6.04. The van der Waals surface area contributed by atoms with Crippen LogP contribution in [0.4, 0.5) is 5.69 Å². The lowest BCUT2D eigenvalue weighted by Gasteiger charge is -2.18. The molecular weight excluding hydrogens is 348 g/mol. The summed E-state index contributed by atoms with van der Waals surface area (Å²) in [5, 5.41) is 3.40. The number of fused-ring (bicyclic) bond motifs is 1. The first kappa shape index (κ1) is 19.5. The molecule has 5 nitrogen and oxygen atoms in total. The van der Waals surface area contributed by atoms with Gasteiger partial charge in [0.25, 0.3) is 0 Å². The number of benzene rings is 2. The van der Waals surface area contributed by atoms with E-state index in [9.17, 15) is 4.79 Å². The number of nitrogens with one attached hydrogen (secondary N) is 1. The highest BCUT2D eigenvalue weighted by Gasteiger charge is 2.16. The first-order valence-corrected chi connectivity index (χ1v) is 9.53. The van der Waals surface area contributed by atoms with Gasteiger partial charge in [0.2, 0.25) is 6.41 Å². The summed E-state index contributed by atoms with van der Waals surface area (Å²) in [6.07, 6.45) is 1.59. The first-order chi connectivity index (χ1) is 13.5. The van der Waals surface area contributed by atoms with Crippen LogP contribution in [0.25, 0.3) is 22.2 Å². The number of nitrogens with zero attached hydrogens (tertiary/aromatic N) is 2. The van der Waals surface area contributed by atoms with E-state index in [4.69, 9.17) is 10.7 Å². The fraction of sp³-hybridized carbons (Fsp3) is 0.261. The number of guanidine groups is 1. The molecule has 0 aliphatic rings. The Hall–Kier alpha value is -3.21. The van der Waals surface area contributed by atoms with Gasteiger partial charge in [0.1, 0.15) is 0 Å². The van der Waals surface area contributed by atoms with Gasteiger partial charge in [-0.15, -0.1) is 0 Å². The molecule has 0 aliphatic carbocycles. The second kappa shape index (κ2) is 8.65. The summed E-state index contributed by atoms with van der Waals surface area (Å²) in [6.45, 7) is 6.66. The van der Waals surface area contributed by atoms with Gasteiger partial charge in [-0.2, -0.15) is 0 Å². The van der Waals surface area contributed by atoms with Crippen LogP contribution in [0, 0.1) is 5.92 Å². The fourth-order valence-electron chi connectivity index (χ4n) is 3.61. The van der Waals surface area contributed by atoms with Crippen LogP contribution in [0.5, 0.6) is 0 Å². The maximum Gasteiger partial charge on any atom is 0.213 e. The molecule has 1 heterocycles. The van der Waals surface area contributed by atoms with E-state index < -0.39 is 0 Å². The Balaban J connectivity index is 2.25. The van der Waals surface area contributed by atoms with Crippen molar-refractivity contribution in [3.05, 3.63) is 60.2 Å². The number of carbonyl (C=O) groups is 1. The molecule has 2 aromatic carbocycles. The molecule has 0 radical (unpaired) electrons. The summed E-state index contributed by atoms with van der Waals surface area (Å²) in [6, 6.07) is 18.1. The number of hydrogen-bond acceptors (Lipinski definition) is 3. The number of aliphatic imine (C=N–C) groups is 1. The zero-order valence-corrected chi connectivity index (χ0v) is 16.5. The largest absolute Gasteiger partial charge is 0.369 e. The van der Waals surface area contributed by atoms with Crippen LogP contribution in [0.2, 0.25) is 0 Å². The highest BCUT2D eigenvalue weighted by molar-refractivity contribution is 5.99. The predicted molar refractivity (Wildman–Crippen MR) is 116 cm³/mol. The summed E-state index contributed by atoms with van der Waals surface area (Å²) in [5.41, 5.74) is 10.5. The van der Waals surface area contributed by atoms with Crippen LogP contribution < -0.4 is 11.1 Å². The molecular formula is C23H26N4O. The summed E-state index contributed by atoms with van der Waals surface area (Å²) in [5.74, 6) is 0.991. The van der Waals surface area contributed by atoms with Gasteiger partial charge in [-0.3, -0.25) is 10.1 Å². The van der Waals surface area contributed by atoms with Crippen LogP contribution in [-0.4, -0.2) is 17.4 Å². The normalized spacial score (nSPS) is 12.9. The van der Waals surface area contributed by atoms with Gasteiger partial charge < -0.3 is 5.73 Å². The minimum Gasteiger partial charge on any atom is -0.369 e. The van der Waals surface area contributed by atoms with Crippen LogP contribution >= 0.6 is 0 Å². The van der Waals surface area contributed by atoms with E-state index in [1.165, 1.54) is 5.56 Å². The topological polar surface area (TPSA) is 80.4 Å². The van der Waals surface area contributed by atoms with Crippen molar-refractivity contribution in [3.8, 4) is 11.3 Å². The lowest BCUT2D eigenvalue weighted by molar-refractivity contribution is -0.108. The minimum absolute atomic E-state index is 0.0628. The smallest absolute Gasteiger partial charge is 0.213 e. The van der Waals surface area contributed by atoms with Gasteiger partial charge in [-0.1, -0.05) is 63.2 Å². The maximum atomic E-state index is 10.8. The van der Waals surface area contributed by atoms with E-state index in [0.29, 0.717) is 23.9 Å². The zero-order valence-electron chi connectivity index (χ0n) is 16.5. The number of amides is 1. The van der Waals surface area contributed by atoms with Gasteiger partial charge in [0.15, 0.2) is 5.96 Å². The Morgan fingerprint density at radius 2 is 1.89 bits per heavy atom. The van der Waals surface area contributed by atoms with Crippen molar-refractivity contribution in [2.24, 2.45) is 16.6 Å². The van der Waals surface area contributed by atoms with Crippen LogP contribution in [0.3, 0.4) is 0 Å². The summed E-state index contributed by atoms with van der Waals surface area (Å²) in [4.78, 5) is 20.1. The predicted octanol–water partition coefficient (Wildman–Crippen LogP) is 4.74. The third-order valence-electron chi connectivity index (χ3n) is 4.72. The quantitative estimate of drug-likeness (QED) is 0.371. The Bertz CT molecular complexity index is 996. The van der Waals surface area contributed by atoms with E-state index in [1.54, 1.807) is 0 Å². The van der Waals surface area contributed by atoms with Crippen molar-refractivity contribution >= 4 is 29.0 Å². The summed E-state index contributed by atoms with van der Waals surface area (Å²) >= 11 is 0. The third-order valence-corrected chi connectivity index (χ3v) is 4.72.